The number of imide groups is 1. The first-order chi connectivity index (χ1) is 15.3. The zero-order chi connectivity index (χ0) is 22.8. The Bertz CT molecular complexity index is 1240. The van der Waals surface area contributed by atoms with Crippen molar-refractivity contribution in [2.75, 3.05) is 4.90 Å². The second-order valence-corrected chi connectivity index (χ2v) is 9.60. The minimum Gasteiger partial charge on any atom is -0.487 e. The third kappa shape index (κ3) is 5.07. The molecule has 0 aromatic heterocycles. The summed E-state index contributed by atoms with van der Waals surface area (Å²) >= 11 is 10.3. The molecule has 0 radical (unpaired) electrons. The maximum atomic E-state index is 13.4. The molecule has 4 rings (SSSR count). The van der Waals surface area contributed by atoms with Crippen LogP contribution in [0.2, 0.25) is 5.02 Å². The molecule has 0 bridgehead atoms. The fourth-order valence-electron chi connectivity index (χ4n) is 3.13. The van der Waals surface area contributed by atoms with Crippen molar-refractivity contribution in [2.45, 2.75) is 6.61 Å². The molecule has 1 heterocycles. The van der Waals surface area contributed by atoms with Crippen molar-refractivity contribution < 1.29 is 18.7 Å². The molecule has 1 aliphatic rings. The standard InChI is InChI=1S/C23H14ClFI2N2O3/c24-15-4-2-6-17(11-15)29-22(30)20(28-23(29)31)10-14-8-18(26)21(19(27)9-14)32-12-13-3-1-5-16(25)7-13/h1-11H,12H2,(H,28,31)/b20-10+. The van der Waals surface area contributed by atoms with E-state index < -0.39 is 11.9 Å². The quantitative estimate of drug-likeness (QED) is 0.195. The Hall–Kier alpha value is -2.18. The molecule has 1 N–H and O–H groups in total. The minimum atomic E-state index is -0.539. The third-order valence-electron chi connectivity index (χ3n) is 4.55. The molecule has 3 aromatic carbocycles. The van der Waals surface area contributed by atoms with Crippen LogP contribution in [0, 0.1) is 13.0 Å². The Balaban J connectivity index is 1.55. The molecule has 1 saturated heterocycles. The summed E-state index contributed by atoms with van der Waals surface area (Å²) in [6.45, 7) is 0.230. The van der Waals surface area contributed by atoms with Crippen molar-refractivity contribution in [1.29, 1.82) is 0 Å². The molecule has 162 valence electrons. The van der Waals surface area contributed by atoms with Gasteiger partial charge in [0.15, 0.2) is 0 Å². The van der Waals surface area contributed by atoms with Crippen LogP contribution in [0.25, 0.3) is 6.08 Å². The molecule has 3 aromatic rings. The predicted molar refractivity (Wildman–Crippen MR) is 138 cm³/mol. The van der Waals surface area contributed by atoms with Crippen LogP contribution in [0.15, 0.2) is 66.4 Å². The van der Waals surface area contributed by atoms with E-state index in [1.165, 1.54) is 12.1 Å². The summed E-state index contributed by atoms with van der Waals surface area (Å²) in [5.41, 5.74) is 2.01. The molecule has 3 amide bonds. The number of benzene rings is 3. The number of hydrogen-bond acceptors (Lipinski definition) is 3. The number of anilines is 1. The van der Waals surface area contributed by atoms with Gasteiger partial charge in [-0.2, -0.15) is 0 Å². The smallest absolute Gasteiger partial charge is 0.333 e. The Labute approximate surface area is 215 Å². The van der Waals surface area contributed by atoms with Crippen LogP contribution in [-0.2, 0) is 11.4 Å². The van der Waals surface area contributed by atoms with Gasteiger partial charge in [-0.3, -0.25) is 4.79 Å². The summed E-state index contributed by atoms with van der Waals surface area (Å²) in [6.07, 6.45) is 1.62. The highest BCUT2D eigenvalue weighted by molar-refractivity contribution is 14.1. The van der Waals surface area contributed by atoms with Crippen LogP contribution in [0.4, 0.5) is 14.9 Å². The summed E-state index contributed by atoms with van der Waals surface area (Å²) in [6, 6.07) is 15.9. The lowest BCUT2D eigenvalue weighted by molar-refractivity contribution is -0.113. The second-order valence-electron chi connectivity index (χ2n) is 6.84. The maximum absolute atomic E-state index is 13.4. The molecular weight excluding hydrogens is 661 g/mol. The van der Waals surface area contributed by atoms with Crippen LogP contribution in [0.3, 0.4) is 0 Å². The van der Waals surface area contributed by atoms with Gasteiger partial charge in [-0.15, -0.1) is 0 Å². The average Bonchev–Trinajstić information content (AvgIpc) is 3.00. The second kappa shape index (κ2) is 9.75. The highest BCUT2D eigenvalue weighted by Crippen LogP contribution is 2.31. The number of nitrogens with one attached hydrogen (secondary N) is 1. The summed E-state index contributed by atoms with van der Waals surface area (Å²) in [5.74, 6) is -0.110. The molecule has 5 nitrogen and oxygen atoms in total. The van der Waals surface area contributed by atoms with Crippen molar-refractivity contribution >= 4 is 80.5 Å². The number of urea groups is 1. The number of carbonyl (C=O) groups is 2. The molecule has 0 aliphatic carbocycles. The van der Waals surface area contributed by atoms with Crippen LogP contribution in [0.1, 0.15) is 11.1 Å². The molecular formula is C23H14ClFI2N2O3. The van der Waals surface area contributed by atoms with E-state index in [1.54, 1.807) is 42.5 Å². The van der Waals surface area contributed by atoms with E-state index in [-0.39, 0.29) is 18.1 Å². The van der Waals surface area contributed by atoms with E-state index in [0.29, 0.717) is 16.5 Å². The number of nitrogens with zero attached hydrogens (tertiary/aromatic N) is 1. The number of amides is 3. The fraction of sp³-hybridized carbons (Fsp3) is 0.0435. The van der Waals surface area contributed by atoms with E-state index in [9.17, 15) is 14.0 Å². The number of ether oxygens (including phenoxy) is 1. The summed E-state index contributed by atoms with van der Waals surface area (Å²) in [4.78, 5) is 26.3. The van der Waals surface area contributed by atoms with Crippen LogP contribution < -0.4 is 15.0 Å². The monoisotopic (exact) mass is 674 g/mol. The van der Waals surface area contributed by atoms with Crippen LogP contribution in [0.5, 0.6) is 5.75 Å². The number of halogens is 4. The minimum absolute atomic E-state index is 0.162. The highest BCUT2D eigenvalue weighted by atomic mass is 127. The first-order valence-corrected chi connectivity index (χ1v) is 11.8. The first-order valence-electron chi connectivity index (χ1n) is 9.31. The lowest BCUT2D eigenvalue weighted by Crippen LogP contribution is -2.30. The predicted octanol–water partition coefficient (Wildman–Crippen LogP) is 6.36. The molecule has 0 atom stereocenters. The van der Waals surface area contributed by atoms with Gasteiger partial charge >= 0.3 is 6.03 Å². The van der Waals surface area contributed by atoms with Gasteiger partial charge in [0.05, 0.1) is 12.8 Å². The Morgan fingerprint density at radius 2 is 1.75 bits per heavy atom. The largest absolute Gasteiger partial charge is 0.487 e. The van der Waals surface area contributed by atoms with E-state index in [2.05, 4.69) is 50.5 Å². The lowest BCUT2D eigenvalue weighted by atomic mass is 10.1. The van der Waals surface area contributed by atoms with E-state index in [0.717, 1.165) is 23.2 Å². The van der Waals surface area contributed by atoms with E-state index in [1.807, 2.05) is 12.1 Å². The van der Waals surface area contributed by atoms with Gasteiger partial charge in [-0.1, -0.05) is 29.8 Å². The normalized spacial score (nSPS) is 14.8. The maximum Gasteiger partial charge on any atom is 0.333 e. The number of carbonyl (C=O) groups excluding carboxylic acids is 2. The van der Waals surface area contributed by atoms with Gasteiger partial charge < -0.3 is 10.1 Å². The van der Waals surface area contributed by atoms with Gasteiger partial charge in [0, 0.05) is 5.02 Å². The number of hydrogen-bond donors (Lipinski definition) is 1. The molecule has 1 aliphatic heterocycles. The molecule has 0 spiro atoms. The molecule has 0 saturated carbocycles. The van der Waals surface area contributed by atoms with Crippen molar-refractivity contribution in [2.24, 2.45) is 0 Å². The molecule has 0 unspecified atom stereocenters. The van der Waals surface area contributed by atoms with Crippen molar-refractivity contribution in [3.63, 3.8) is 0 Å². The molecule has 1 fully saturated rings. The SMILES string of the molecule is O=C1N/C(=C/c2cc(I)c(OCc3cccc(F)c3)c(I)c2)C(=O)N1c1cccc(Cl)c1. The van der Waals surface area contributed by atoms with Gasteiger partial charge in [0.1, 0.15) is 23.9 Å². The first kappa shape index (κ1) is 23.0. The topological polar surface area (TPSA) is 58.6 Å². The average molecular weight is 675 g/mol. The van der Waals surface area contributed by atoms with Crippen molar-refractivity contribution in [3.05, 3.63) is 95.5 Å². The van der Waals surface area contributed by atoms with E-state index in [4.69, 9.17) is 16.3 Å². The Morgan fingerprint density at radius 1 is 1.03 bits per heavy atom. The van der Waals surface area contributed by atoms with Gasteiger partial charge in [0.2, 0.25) is 0 Å². The van der Waals surface area contributed by atoms with Gasteiger partial charge in [0.25, 0.3) is 5.91 Å². The fourth-order valence-corrected chi connectivity index (χ4v) is 5.45. The highest BCUT2D eigenvalue weighted by Gasteiger charge is 2.35. The van der Waals surface area contributed by atoms with Crippen LogP contribution in [-0.4, -0.2) is 11.9 Å². The summed E-state index contributed by atoms with van der Waals surface area (Å²) in [7, 11) is 0. The Morgan fingerprint density at radius 3 is 2.44 bits per heavy atom. The summed E-state index contributed by atoms with van der Waals surface area (Å²) < 4.78 is 20.9. The van der Waals surface area contributed by atoms with Gasteiger partial charge in [-0.25, -0.2) is 14.1 Å². The van der Waals surface area contributed by atoms with Gasteiger partial charge in [-0.05, 0) is 105 Å². The zero-order valence-electron chi connectivity index (χ0n) is 16.2. The summed E-state index contributed by atoms with van der Waals surface area (Å²) in [5, 5.41) is 3.04. The van der Waals surface area contributed by atoms with Crippen molar-refractivity contribution in [1.82, 2.24) is 5.32 Å². The third-order valence-corrected chi connectivity index (χ3v) is 6.39. The molecule has 9 heteroatoms. The molecule has 32 heavy (non-hydrogen) atoms. The van der Waals surface area contributed by atoms with Crippen molar-refractivity contribution in [3.8, 4) is 5.75 Å². The zero-order valence-corrected chi connectivity index (χ0v) is 21.3. The van der Waals surface area contributed by atoms with Crippen LogP contribution >= 0.6 is 56.8 Å². The Kier molecular flexibility index (Phi) is 7.01. The number of rotatable bonds is 5. The lowest BCUT2D eigenvalue weighted by Gasteiger charge is -2.12. The van der Waals surface area contributed by atoms with E-state index >= 15 is 0 Å².